The van der Waals surface area contributed by atoms with Crippen LogP contribution in [0.25, 0.3) is 0 Å². The first-order valence-electron chi connectivity index (χ1n) is 6.77. The van der Waals surface area contributed by atoms with E-state index in [4.69, 9.17) is 0 Å². The van der Waals surface area contributed by atoms with Crippen LogP contribution in [0.4, 0.5) is 0 Å². The molecule has 2 heterocycles. The summed E-state index contributed by atoms with van der Waals surface area (Å²) in [5, 5.41) is 12.9. The van der Waals surface area contributed by atoms with Crippen LogP contribution in [0.5, 0.6) is 0 Å². The third-order valence-corrected chi connectivity index (χ3v) is 4.57. The number of amides is 1. The molecule has 0 radical (unpaired) electrons. The van der Waals surface area contributed by atoms with Gasteiger partial charge in [0.25, 0.3) is 0 Å². The van der Waals surface area contributed by atoms with Gasteiger partial charge in [-0.1, -0.05) is 6.92 Å². The average molecular weight is 240 g/mol. The highest BCUT2D eigenvalue weighted by molar-refractivity contribution is 5.83. The standard InChI is InChI=1S/C13H24N2O2/c1-3-13(5-6-14-9-13)12(17)15-7-4-11(8-15)10(2)16/h10-11,14,16H,3-9H2,1-2H3. The third-order valence-electron chi connectivity index (χ3n) is 4.57. The summed E-state index contributed by atoms with van der Waals surface area (Å²) in [6, 6.07) is 0. The van der Waals surface area contributed by atoms with Crippen molar-refractivity contribution in [1.82, 2.24) is 10.2 Å². The number of hydrogen-bond acceptors (Lipinski definition) is 3. The molecule has 3 atom stereocenters. The minimum Gasteiger partial charge on any atom is -0.393 e. The fraction of sp³-hybridized carbons (Fsp3) is 0.923. The van der Waals surface area contributed by atoms with Gasteiger partial charge in [-0.15, -0.1) is 0 Å². The van der Waals surface area contributed by atoms with Gasteiger partial charge < -0.3 is 15.3 Å². The zero-order chi connectivity index (χ0) is 12.5. The Labute approximate surface area is 103 Å². The minimum absolute atomic E-state index is 0.173. The van der Waals surface area contributed by atoms with Gasteiger partial charge in [-0.05, 0) is 32.7 Å². The van der Waals surface area contributed by atoms with Crippen LogP contribution in [0, 0.1) is 11.3 Å². The number of nitrogens with one attached hydrogen (secondary N) is 1. The molecule has 2 N–H and O–H groups in total. The van der Waals surface area contributed by atoms with E-state index in [-0.39, 0.29) is 17.4 Å². The van der Waals surface area contributed by atoms with E-state index in [1.54, 1.807) is 0 Å². The summed E-state index contributed by atoms with van der Waals surface area (Å²) in [5.74, 6) is 0.565. The SMILES string of the molecule is CCC1(C(=O)N2CCC(C(C)O)C2)CCNC1. The molecule has 2 rings (SSSR count). The van der Waals surface area contributed by atoms with Gasteiger partial charge in [-0.3, -0.25) is 4.79 Å². The Kier molecular flexibility index (Phi) is 3.73. The molecule has 2 saturated heterocycles. The zero-order valence-corrected chi connectivity index (χ0v) is 10.9. The van der Waals surface area contributed by atoms with E-state index in [1.807, 2.05) is 11.8 Å². The van der Waals surface area contributed by atoms with E-state index < -0.39 is 0 Å². The summed E-state index contributed by atoms with van der Waals surface area (Å²) in [6.07, 6.45) is 2.51. The molecule has 0 aromatic rings. The maximum Gasteiger partial charge on any atom is 0.230 e. The Bertz CT molecular complexity index is 285. The molecule has 2 aliphatic rings. The quantitative estimate of drug-likeness (QED) is 0.760. The van der Waals surface area contributed by atoms with Crippen LogP contribution in [0.15, 0.2) is 0 Å². The first kappa shape index (κ1) is 12.8. The Morgan fingerprint density at radius 1 is 1.65 bits per heavy atom. The Morgan fingerprint density at radius 3 is 2.88 bits per heavy atom. The van der Waals surface area contributed by atoms with Crippen molar-refractivity contribution in [3.8, 4) is 0 Å². The van der Waals surface area contributed by atoms with Crippen molar-refractivity contribution in [2.75, 3.05) is 26.2 Å². The fourth-order valence-corrected chi connectivity index (χ4v) is 3.08. The summed E-state index contributed by atoms with van der Waals surface area (Å²) in [4.78, 5) is 14.5. The second kappa shape index (κ2) is 4.94. The number of nitrogens with zero attached hydrogens (tertiary/aromatic N) is 1. The van der Waals surface area contributed by atoms with Crippen LogP contribution < -0.4 is 5.32 Å². The molecule has 0 bridgehead atoms. The molecular weight excluding hydrogens is 216 g/mol. The van der Waals surface area contributed by atoms with Crippen LogP contribution in [0.1, 0.15) is 33.1 Å². The topological polar surface area (TPSA) is 52.6 Å². The van der Waals surface area contributed by atoms with Gasteiger partial charge in [0.1, 0.15) is 0 Å². The van der Waals surface area contributed by atoms with Crippen molar-refractivity contribution in [3.63, 3.8) is 0 Å². The summed E-state index contributed by atoms with van der Waals surface area (Å²) in [6.45, 7) is 7.25. The molecule has 3 unspecified atom stereocenters. The maximum absolute atomic E-state index is 12.6. The van der Waals surface area contributed by atoms with Crippen molar-refractivity contribution >= 4 is 5.91 Å². The van der Waals surface area contributed by atoms with E-state index in [9.17, 15) is 9.90 Å². The lowest BCUT2D eigenvalue weighted by Crippen LogP contribution is -2.44. The molecule has 1 amide bonds. The van der Waals surface area contributed by atoms with Crippen LogP contribution >= 0.6 is 0 Å². The molecule has 98 valence electrons. The van der Waals surface area contributed by atoms with Crippen molar-refractivity contribution in [2.24, 2.45) is 11.3 Å². The van der Waals surface area contributed by atoms with Crippen molar-refractivity contribution < 1.29 is 9.90 Å². The molecular formula is C13H24N2O2. The molecule has 17 heavy (non-hydrogen) atoms. The highest BCUT2D eigenvalue weighted by Crippen LogP contribution is 2.34. The highest BCUT2D eigenvalue weighted by atomic mass is 16.3. The summed E-state index contributed by atoms with van der Waals surface area (Å²) < 4.78 is 0. The number of aliphatic hydroxyl groups is 1. The van der Waals surface area contributed by atoms with Gasteiger partial charge in [-0.2, -0.15) is 0 Å². The normalized spacial score (nSPS) is 35.2. The number of carbonyl (C=O) groups excluding carboxylic acids is 1. The van der Waals surface area contributed by atoms with Crippen LogP contribution in [-0.4, -0.2) is 48.2 Å². The van der Waals surface area contributed by atoms with Crippen LogP contribution in [0.3, 0.4) is 0 Å². The van der Waals surface area contributed by atoms with E-state index in [1.165, 1.54) is 0 Å². The number of likely N-dealkylation sites (tertiary alicyclic amines) is 1. The van der Waals surface area contributed by atoms with Crippen molar-refractivity contribution in [1.29, 1.82) is 0 Å². The molecule has 0 aliphatic carbocycles. The van der Waals surface area contributed by atoms with Crippen LogP contribution in [-0.2, 0) is 4.79 Å². The van der Waals surface area contributed by atoms with Gasteiger partial charge in [0.15, 0.2) is 0 Å². The van der Waals surface area contributed by atoms with E-state index in [0.29, 0.717) is 5.91 Å². The van der Waals surface area contributed by atoms with Gasteiger partial charge in [-0.25, -0.2) is 0 Å². The lowest BCUT2D eigenvalue weighted by molar-refractivity contribution is -0.140. The molecule has 0 spiro atoms. The number of hydrogen-bond donors (Lipinski definition) is 2. The lowest BCUT2D eigenvalue weighted by Gasteiger charge is -2.31. The molecule has 2 aliphatic heterocycles. The molecule has 2 fully saturated rings. The van der Waals surface area contributed by atoms with Gasteiger partial charge >= 0.3 is 0 Å². The predicted molar refractivity (Wildman–Crippen MR) is 66.6 cm³/mol. The number of carbonyl (C=O) groups is 1. The minimum atomic E-state index is -0.299. The largest absolute Gasteiger partial charge is 0.393 e. The van der Waals surface area contributed by atoms with E-state index in [0.717, 1.165) is 45.4 Å². The molecule has 0 saturated carbocycles. The zero-order valence-electron chi connectivity index (χ0n) is 10.9. The monoisotopic (exact) mass is 240 g/mol. The highest BCUT2D eigenvalue weighted by Gasteiger charge is 2.43. The number of aliphatic hydroxyl groups excluding tert-OH is 1. The van der Waals surface area contributed by atoms with Gasteiger partial charge in [0, 0.05) is 25.6 Å². The fourth-order valence-electron chi connectivity index (χ4n) is 3.08. The third kappa shape index (κ3) is 2.33. The second-order valence-electron chi connectivity index (χ2n) is 5.60. The van der Waals surface area contributed by atoms with Gasteiger partial charge in [0.05, 0.1) is 11.5 Å². The average Bonchev–Trinajstić information content (AvgIpc) is 2.98. The Balaban J connectivity index is 2.01. The second-order valence-corrected chi connectivity index (χ2v) is 5.60. The van der Waals surface area contributed by atoms with Crippen molar-refractivity contribution in [2.45, 2.75) is 39.2 Å². The summed E-state index contributed by atoms with van der Waals surface area (Å²) in [5.41, 5.74) is -0.173. The first-order chi connectivity index (χ1) is 8.09. The maximum atomic E-state index is 12.6. The number of rotatable bonds is 3. The van der Waals surface area contributed by atoms with Gasteiger partial charge in [0.2, 0.25) is 5.91 Å². The van der Waals surface area contributed by atoms with E-state index >= 15 is 0 Å². The smallest absolute Gasteiger partial charge is 0.230 e. The molecule has 0 aromatic carbocycles. The molecule has 4 nitrogen and oxygen atoms in total. The van der Waals surface area contributed by atoms with E-state index in [2.05, 4.69) is 12.2 Å². The van der Waals surface area contributed by atoms with Crippen molar-refractivity contribution in [3.05, 3.63) is 0 Å². The van der Waals surface area contributed by atoms with Crippen LogP contribution in [0.2, 0.25) is 0 Å². The Morgan fingerprint density at radius 2 is 2.41 bits per heavy atom. The summed E-state index contributed by atoms with van der Waals surface area (Å²) >= 11 is 0. The first-order valence-corrected chi connectivity index (χ1v) is 6.77. The Hall–Kier alpha value is -0.610. The molecule has 4 heteroatoms. The summed E-state index contributed by atoms with van der Waals surface area (Å²) in [7, 11) is 0. The molecule has 0 aromatic heterocycles. The predicted octanol–water partition coefficient (Wildman–Crippen LogP) is 0.605. The lowest BCUT2D eigenvalue weighted by atomic mass is 9.83.